The summed E-state index contributed by atoms with van der Waals surface area (Å²) in [4.78, 5) is 73.9. The molecule has 1 heterocycles. The number of aliphatic carboxylic acids is 1. The molecule has 12 heteroatoms. The summed E-state index contributed by atoms with van der Waals surface area (Å²) in [6, 6.07) is 1.48. The molecule has 1 aromatic rings. The zero-order valence-electron chi connectivity index (χ0n) is 37.9. The van der Waals surface area contributed by atoms with Crippen molar-refractivity contribution in [2.24, 2.45) is 68.0 Å². The van der Waals surface area contributed by atoms with Gasteiger partial charge in [-0.25, -0.2) is 9.97 Å². The first kappa shape index (κ1) is 44.4. The summed E-state index contributed by atoms with van der Waals surface area (Å²) in [7, 11) is 0. The number of ketones is 1. The second kappa shape index (κ2) is 14.7. The average Bonchev–Trinajstić information content (AvgIpc) is 3.47. The molecule has 6 aliphatic rings. The van der Waals surface area contributed by atoms with Crippen molar-refractivity contribution in [3.8, 4) is 0 Å². The lowest BCUT2D eigenvalue weighted by molar-refractivity contribution is -0.238. The van der Waals surface area contributed by atoms with E-state index >= 15 is 0 Å². The molecule has 0 aromatic carbocycles. The van der Waals surface area contributed by atoms with Gasteiger partial charge in [-0.05, 0) is 129 Å². The number of esters is 1. The van der Waals surface area contributed by atoms with Crippen LogP contribution in [-0.4, -0.2) is 74.0 Å². The lowest BCUT2D eigenvalue weighted by Gasteiger charge is -2.72. The number of amides is 2. The van der Waals surface area contributed by atoms with Gasteiger partial charge < -0.3 is 25.6 Å². The Morgan fingerprint density at radius 1 is 0.900 bits per heavy atom. The van der Waals surface area contributed by atoms with Gasteiger partial charge in [0.2, 0.25) is 5.91 Å². The topological polar surface area (TPSA) is 185 Å². The second-order valence-electron chi connectivity index (χ2n) is 22.5. The van der Waals surface area contributed by atoms with Crippen LogP contribution in [0.2, 0.25) is 0 Å². The van der Waals surface area contributed by atoms with E-state index in [4.69, 9.17) is 4.74 Å². The van der Waals surface area contributed by atoms with Crippen molar-refractivity contribution in [3.63, 3.8) is 0 Å². The molecule has 1 aromatic heterocycles. The van der Waals surface area contributed by atoms with Crippen molar-refractivity contribution in [2.45, 2.75) is 158 Å². The van der Waals surface area contributed by atoms with Crippen LogP contribution in [0.3, 0.4) is 0 Å². The molecule has 12 nitrogen and oxygen atoms in total. The number of carbonyl (C=O) groups is 5. The van der Waals surface area contributed by atoms with Gasteiger partial charge in [0.05, 0.1) is 17.9 Å². The summed E-state index contributed by atoms with van der Waals surface area (Å²) in [5.41, 5.74) is -1.01. The summed E-state index contributed by atoms with van der Waals surface area (Å²) in [5, 5.41) is 27.6. The van der Waals surface area contributed by atoms with Crippen LogP contribution in [-0.2, 0) is 23.9 Å². The number of carboxylic acids is 1. The summed E-state index contributed by atoms with van der Waals surface area (Å²) in [6.07, 6.45) is 9.23. The first-order valence-electron chi connectivity index (χ1n) is 22.6. The minimum atomic E-state index is -1.30. The molecule has 4 N–H and O–H groups in total. The van der Waals surface area contributed by atoms with Gasteiger partial charge in [0.15, 0.2) is 5.78 Å². The van der Waals surface area contributed by atoms with Crippen LogP contribution in [0, 0.1) is 68.0 Å². The highest BCUT2D eigenvalue weighted by Crippen LogP contribution is 2.77. The van der Waals surface area contributed by atoms with Crippen LogP contribution in [0.25, 0.3) is 0 Å². The van der Waals surface area contributed by atoms with E-state index in [0.717, 1.165) is 56.1 Å². The van der Waals surface area contributed by atoms with Crippen molar-refractivity contribution in [2.75, 3.05) is 6.54 Å². The van der Waals surface area contributed by atoms with Gasteiger partial charge >= 0.3 is 11.9 Å². The van der Waals surface area contributed by atoms with Crippen molar-refractivity contribution >= 4 is 29.5 Å². The largest absolute Gasteiger partial charge is 0.481 e. The summed E-state index contributed by atoms with van der Waals surface area (Å²) < 4.78 is 6.41. The number of aromatic nitrogens is 2. The third kappa shape index (κ3) is 6.49. The lowest BCUT2D eigenvalue weighted by atomic mass is 9.33. The Morgan fingerprint density at radius 2 is 1.60 bits per heavy atom. The third-order valence-corrected chi connectivity index (χ3v) is 18.4. The molecule has 0 radical (unpaired) electrons. The zero-order valence-corrected chi connectivity index (χ0v) is 37.9. The predicted molar refractivity (Wildman–Crippen MR) is 225 cm³/mol. The normalized spacial score (nSPS) is 38.3. The Labute approximate surface area is 356 Å². The van der Waals surface area contributed by atoms with Crippen LogP contribution < -0.4 is 10.6 Å². The fraction of sp³-hybridized carbons (Fsp3) is 0.771. The highest BCUT2D eigenvalue weighted by atomic mass is 16.5. The molecule has 0 spiro atoms. The Hall–Kier alpha value is -3.67. The number of carbonyl (C=O) groups excluding carboxylic acids is 4. The maximum Gasteiger partial charge on any atom is 0.309 e. The van der Waals surface area contributed by atoms with E-state index in [1.165, 1.54) is 18.6 Å². The van der Waals surface area contributed by atoms with Gasteiger partial charge in [-0.1, -0.05) is 67.9 Å². The highest BCUT2D eigenvalue weighted by molar-refractivity contribution is 6.01. The van der Waals surface area contributed by atoms with E-state index in [1.54, 1.807) is 13.8 Å². The molecule has 6 aliphatic carbocycles. The molecular formula is C48H70N4O8. The number of rotatable bonds is 10. The number of nitrogens with zero attached hydrogens (tertiary/aromatic N) is 2. The Balaban J connectivity index is 1.10. The molecule has 5 saturated carbocycles. The predicted octanol–water partition coefficient (Wildman–Crippen LogP) is 7.10. The minimum absolute atomic E-state index is 0.00625. The van der Waals surface area contributed by atoms with E-state index in [9.17, 15) is 34.2 Å². The number of Topliss-reactive ketones (excluding diaryl/α,β-unsaturated/α-hetero) is 1. The van der Waals surface area contributed by atoms with E-state index in [1.807, 2.05) is 13.8 Å². The number of aliphatic hydroxyl groups excluding tert-OH is 1. The number of fused-ring (bicyclic) bond motifs is 7. The third-order valence-electron chi connectivity index (χ3n) is 18.4. The fourth-order valence-corrected chi connectivity index (χ4v) is 14.7. The molecule has 0 bridgehead atoms. The van der Waals surface area contributed by atoms with Gasteiger partial charge in [0, 0.05) is 30.0 Å². The van der Waals surface area contributed by atoms with E-state index in [0.29, 0.717) is 24.7 Å². The summed E-state index contributed by atoms with van der Waals surface area (Å²) >= 11 is 0. The number of hydrogen-bond donors (Lipinski definition) is 4. The monoisotopic (exact) mass is 831 g/mol. The lowest BCUT2D eigenvalue weighted by Crippen LogP contribution is -2.66. The van der Waals surface area contributed by atoms with Crippen LogP contribution >= 0.6 is 0 Å². The number of allylic oxidation sites excluding steroid dienone is 1. The van der Waals surface area contributed by atoms with Gasteiger partial charge in [0.25, 0.3) is 5.91 Å². The van der Waals surface area contributed by atoms with Gasteiger partial charge in [-0.15, -0.1) is 0 Å². The standard InChI is InChI=1S/C48H70N4O8/c1-26(2)36-31(53)23-48(34(54)24-50-41(59)44(7,8)52-38(55)30-16-21-49-25-51-30)20-19-46(10)27(37(36)48)12-13-33-45(9)17-15-35(43(5,6)32(45)14-18-47(33,46)11)60-40(58)29-22-28(39(56)57)42(29,3)4/h16,21,25-29,32-35,54H,12-15,17-20,22-24H2,1-11H3,(H,50,59)(H,52,55)(H,56,57)/t27-,28+,29-,32+,33-,34+,35+,45+,46-,47-,48+/m1/s1. The van der Waals surface area contributed by atoms with Crippen LogP contribution in [0.15, 0.2) is 29.7 Å². The molecule has 7 rings (SSSR count). The maximum atomic E-state index is 14.2. The van der Waals surface area contributed by atoms with E-state index in [-0.39, 0.29) is 70.0 Å². The molecular weight excluding hydrogens is 761 g/mol. The number of nitrogens with one attached hydrogen (secondary N) is 2. The van der Waals surface area contributed by atoms with Crippen molar-refractivity contribution in [3.05, 3.63) is 35.4 Å². The van der Waals surface area contributed by atoms with Gasteiger partial charge in [0.1, 0.15) is 23.7 Å². The Bertz CT molecular complexity index is 1980. The SMILES string of the molecule is CC(C)C1=C2[C@H]3CC[C@@H]4[C@@]5(C)CC[C@H](OC(=O)[C@H]6C[C@@H](C(=O)O)C6(C)C)C(C)(C)[C@@H]5CC[C@@]4(C)[C@]3(C)CC[C@@]2([C@@H](O)CNC(=O)C(C)(C)NC(=O)c2ccncn2)CC1=O. The Kier molecular flexibility index (Phi) is 10.9. The first-order chi connectivity index (χ1) is 27.8. The molecule has 2 amide bonds. The molecule has 60 heavy (non-hydrogen) atoms. The smallest absolute Gasteiger partial charge is 0.309 e. The molecule has 330 valence electrons. The van der Waals surface area contributed by atoms with Crippen molar-refractivity contribution < 1.29 is 38.9 Å². The van der Waals surface area contributed by atoms with Crippen LogP contribution in [0.1, 0.15) is 151 Å². The van der Waals surface area contributed by atoms with Gasteiger partial charge in [-0.3, -0.25) is 24.0 Å². The quantitative estimate of drug-likeness (QED) is 0.177. The number of ether oxygens (including phenoxy) is 1. The summed E-state index contributed by atoms with van der Waals surface area (Å²) in [6.45, 7) is 23.1. The van der Waals surface area contributed by atoms with E-state index < -0.39 is 52.1 Å². The van der Waals surface area contributed by atoms with Crippen molar-refractivity contribution in [1.82, 2.24) is 20.6 Å². The Morgan fingerprint density at radius 3 is 2.22 bits per heavy atom. The molecule has 0 saturated heterocycles. The van der Waals surface area contributed by atoms with Crippen LogP contribution in [0.4, 0.5) is 0 Å². The number of carboxylic acid groups (broad SMARTS) is 1. The minimum Gasteiger partial charge on any atom is -0.481 e. The zero-order chi connectivity index (χ0) is 44.2. The highest BCUT2D eigenvalue weighted by Gasteiger charge is 2.71. The molecule has 0 aliphatic heterocycles. The number of aliphatic hydroxyl groups is 1. The molecule has 0 unspecified atom stereocenters. The number of hydrogen-bond acceptors (Lipinski definition) is 9. The second-order valence-corrected chi connectivity index (χ2v) is 22.5. The maximum absolute atomic E-state index is 14.2. The van der Waals surface area contributed by atoms with Crippen LogP contribution in [0.5, 0.6) is 0 Å². The molecule has 11 atom stereocenters. The fourth-order valence-electron chi connectivity index (χ4n) is 14.7. The van der Waals surface area contributed by atoms with Crippen molar-refractivity contribution in [1.29, 1.82) is 0 Å². The summed E-state index contributed by atoms with van der Waals surface area (Å²) in [5.74, 6) is -2.05. The first-order valence-corrected chi connectivity index (χ1v) is 22.6. The van der Waals surface area contributed by atoms with E-state index in [2.05, 4.69) is 69.1 Å². The average molecular weight is 831 g/mol. The molecule has 5 fully saturated rings. The van der Waals surface area contributed by atoms with Gasteiger partial charge in [-0.2, -0.15) is 0 Å².